The van der Waals surface area contributed by atoms with Gasteiger partial charge in [0.1, 0.15) is 0 Å². The van der Waals surface area contributed by atoms with Crippen molar-refractivity contribution in [3.8, 4) is 0 Å². The molecule has 1 fully saturated rings. The van der Waals surface area contributed by atoms with Crippen molar-refractivity contribution in [2.75, 3.05) is 13.6 Å². The second-order valence-corrected chi connectivity index (χ2v) is 6.57. The third kappa shape index (κ3) is 4.42. The molecule has 96 valence electrons. The number of nitrogens with zero attached hydrogens (tertiary/aromatic N) is 1. The summed E-state index contributed by atoms with van der Waals surface area (Å²) in [5.74, 6) is 0. The van der Waals surface area contributed by atoms with E-state index in [2.05, 4.69) is 51.9 Å². The van der Waals surface area contributed by atoms with E-state index in [-0.39, 0.29) is 0 Å². The summed E-state index contributed by atoms with van der Waals surface area (Å²) in [7, 11) is 2.26. The third-order valence-electron chi connectivity index (χ3n) is 4.13. The van der Waals surface area contributed by atoms with Gasteiger partial charge in [0.05, 0.1) is 0 Å². The van der Waals surface area contributed by atoms with Gasteiger partial charge in [-0.3, -0.25) is 0 Å². The highest BCUT2D eigenvalue weighted by Crippen LogP contribution is 2.25. The molecular weight excluding hydrogens is 196 g/mol. The maximum absolute atomic E-state index is 3.59. The van der Waals surface area contributed by atoms with Crippen LogP contribution in [0.4, 0.5) is 0 Å². The van der Waals surface area contributed by atoms with E-state index in [9.17, 15) is 0 Å². The van der Waals surface area contributed by atoms with E-state index in [1.165, 1.54) is 25.8 Å². The Hall–Kier alpha value is -0.0800. The topological polar surface area (TPSA) is 15.3 Å². The monoisotopic (exact) mass is 226 g/mol. The van der Waals surface area contributed by atoms with Crippen molar-refractivity contribution in [1.29, 1.82) is 0 Å². The van der Waals surface area contributed by atoms with Crippen LogP contribution < -0.4 is 5.32 Å². The van der Waals surface area contributed by atoms with Crippen molar-refractivity contribution in [3.05, 3.63) is 0 Å². The number of hydrogen-bond donors (Lipinski definition) is 1. The second kappa shape index (κ2) is 5.50. The molecule has 0 aromatic carbocycles. The van der Waals surface area contributed by atoms with Crippen molar-refractivity contribution >= 4 is 0 Å². The smallest absolute Gasteiger partial charge is 0.0115 e. The van der Waals surface area contributed by atoms with Gasteiger partial charge in [-0.05, 0) is 52.1 Å². The molecule has 1 aliphatic rings. The van der Waals surface area contributed by atoms with E-state index >= 15 is 0 Å². The maximum atomic E-state index is 3.59. The van der Waals surface area contributed by atoms with Crippen LogP contribution in [0.2, 0.25) is 0 Å². The zero-order valence-electron chi connectivity index (χ0n) is 12.0. The molecule has 0 bridgehead atoms. The van der Waals surface area contributed by atoms with E-state index in [0.717, 1.165) is 6.04 Å². The lowest BCUT2D eigenvalue weighted by Crippen LogP contribution is -2.45. The molecule has 0 aromatic heterocycles. The van der Waals surface area contributed by atoms with Crippen molar-refractivity contribution in [3.63, 3.8) is 0 Å². The average molecular weight is 226 g/mol. The predicted octanol–water partition coefficient (Wildman–Crippen LogP) is 2.88. The quantitative estimate of drug-likeness (QED) is 0.749. The Balaban J connectivity index is 2.24. The van der Waals surface area contributed by atoms with Gasteiger partial charge in [-0.1, -0.05) is 20.8 Å². The number of rotatable bonds is 6. The first-order valence-electron chi connectivity index (χ1n) is 6.77. The summed E-state index contributed by atoms with van der Waals surface area (Å²) in [5, 5.41) is 3.59. The van der Waals surface area contributed by atoms with Gasteiger partial charge >= 0.3 is 0 Å². The van der Waals surface area contributed by atoms with Crippen LogP contribution in [0.3, 0.4) is 0 Å². The fourth-order valence-electron chi connectivity index (χ4n) is 1.98. The Morgan fingerprint density at radius 1 is 1.25 bits per heavy atom. The third-order valence-corrected chi connectivity index (χ3v) is 4.13. The molecule has 0 aromatic rings. The zero-order chi connectivity index (χ0) is 12.3. The first-order valence-corrected chi connectivity index (χ1v) is 6.77. The second-order valence-electron chi connectivity index (χ2n) is 6.57. The molecule has 0 amide bonds. The molecule has 1 aliphatic carbocycles. The average Bonchev–Trinajstić information content (AvgIpc) is 2.97. The molecule has 2 heteroatoms. The van der Waals surface area contributed by atoms with Crippen LogP contribution in [0.5, 0.6) is 0 Å². The van der Waals surface area contributed by atoms with Gasteiger partial charge in [0, 0.05) is 18.1 Å². The molecule has 0 saturated heterocycles. The molecule has 1 rings (SSSR count). The standard InChI is InChI=1S/C14H30N2/c1-11(9-10-15-13-7-8-13)16(6)12(2)14(3,4)5/h11-13,15H,7-10H2,1-6H3. The summed E-state index contributed by atoms with van der Waals surface area (Å²) >= 11 is 0. The van der Waals surface area contributed by atoms with Gasteiger partial charge in [-0.2, -0.15) is 0 Å². The van der Waals surface area contributed by atoms with Gasteiger partial charge in [0.15, 0.2) is 0 Å². The Bertz CT molecular complexity index is 203. The first kappa shape index (κ1) is 14.0. The Labute approximate surface area is 102 Å². The lowest BCUT2D eigenvalue weighted by molar-refractivity contribution is 0.100. The number of nitrogens with one attached hydrogen (secondary N) is 1. The van der Waals surface area contributed by atoms with Crippen LogP contribution in [-0.2, 0) is 0 Å². The van der Waals surface area contributed by atoms with Crippen LogP contribution in [0, 0.1) is 5.41 Å². The van der Waals surface area contributed by atoms with Crippen LogP contribution in [-0.4, -0.2) is 36.6 Å². The summed E-state index contributed by atoms with van der Waals surface area (Å²) in [5.41, 5.74) is 0.368. The van der Waals surface area contributed by atoms with E-state index in [4.69, 9.17) is 0 Å². The predicted molar refractivity (Wildman–Crippen MR) is 71.8 cm³/mol. The van der Waals surface area contributed by atoms with Crippen molar-refractivity contribution in [2.24, 2.45) is 5.41 Å². The van der Waals surface area contributed by atoms with Crippen molar-refractivity contribution in [1.82, 2.24) is 10.2 Å². The lowest BCUT2D eigenvalue weighted by atomic mass is 9.86. The SMILES string of the molecule is CC(CCNC1CC1)N(C)C(C)C(C)(C)C. The molecule has 1 N–H and O–H groups in total. The summed E-state index contributed by atoms with van der Waals surface area (Å²) in [6.45, 7) is 12.8. The van der Waals surface area contributed by atoms with Crippen LogP contribution in [0.1, 0.15) is 53.9 Å². The molecule has 0 radical (unpaired) electrons. The highest BCUT2D eigenvalue weighted by atomic mass is 15.2. The summed E-state index contributed by atoms with van der Waals surface area (Å²) in [6, 6.07) is 2.14. The van der Waals surface area contributed by atoms with Gasteiger partial charge in [0.25, 0.3) is 0 Å². The summed E-state index contributed by atoms with van der Waals surface area (Å²) in [4.78, 5) is 2.52. The maximum Gasteiger partial charge on any atom is 0.0115 e. The van der Waals surface area contributed by atoms with E-state index < -0.39 is 0 Å². The normalized spacial score (nSPS) is 21.2. The minimum Gasteiger partial charge on any atom is -0.314 e. The van der Waals surface area contributed by atoms with Crippen molar-refractivity contribution < 1.29 is 0 Å². The van der Waals surface area contributed by atoms with Crippen LogP contribution >= 0.6 is 0 Å². The molecule has 16 heavy (non-hydrogen) atoms. The largest absolute Gasteiger partial charge is 0.314 e. The fourth-order valence-corrected chi connectivity index (χ4v) is 1.98. The summed E-state index contributed by atoms with van der Waals surface area (Å²) < 4.78 is 0. The van der Waals surface area contributed by atoms with Gasteiger partial charge in [0.2, 0.25) is 0 Å². The van der Waals surface area contributed by atoms with E-state index in [0.29, 0.717) is 17.5 Å². The molecule has 0 heterocycles. The molecule has 2 nitrogen and oxygen atoms in total. The van der Waals surface area contributed by atoms with Crippen LogP contribution in [0.15, 0.2) is 0 Å². The molecule has 0 spiro atoms. The first-order chi connectivity index (χ1) is 7.32. The fraction of sp³-hybridized carbons (Fsp3) is 1.00. The molecular formula is C14H30N2. The van der Waals surface area contributed by atoms with Gasteiger partial charge in [-0.15, -0.1) is 0 Å². The minimum absolute atomic E-state index is 0.368. The summed E-state index contributed by atoms with van der Waals surface area (Å²) in [6.07, 6.45) is 4.04. The zero-order valence-corrected chi connectivity index (χ0v) is 12.0. The molecule has 2 unspecified atom stereocenters. The van der Waals surface area contributed by atoms with Gasteiger partial charge < -0.3 is 10.2 Å². The lowest BCUT2D eigenvalue weighted by Gasteiger charge is -2.39. The van der Waals surface area contributed by atoms with Crippen molar-refractivity contribution in [2.45, 2.75) is 72.0 Å². The highest BCUT2D eigenvalue weighted by Gasteiger charge is 2.27. The van der Waals surface area contributed by atoms with E-state index in [1.54, 1.807) is 0 Å². The molecule has 1 saturated carbocycles. The van der Waals surface area contributed by atoms with Gasteiger partial charge in [-0.25, -0.2) is 0 Å². The Kier molecular flexibility index (Phi) is 4.81. The Morgan fingerprint density at radius 3 is 2.25 bits per heavy atom. The molecule has 2 atom stereocenters. The van der Waals surface area contributed by atoms with E-state index in [1.807, 2.05) is 0 Å². The number of hydrogen-bond acceptors (Lipinski definition) is 2. The highest BCUT2D eigenvalue weighted by molar-refractivity contribution is 4.83. The Morgan fingerprint density at radius 2 is 1.81 bits per heavy atom. The van der Waals surface area contributed by atoms with Crippen LogP contribution in [0.25, 0.3) is 0 Å². The molecule has 0 aliphatic heterocycles. The minimum atomic E-state index is 0.368.